The summed E-state index contributed by atoms with van der Waals surface area (Å²) in [4.78, 5) is 13.5. The summed E-state index contributed by atoms with van der Waals surface area (Å²) in [5.74, 6) is -0.531. The molecule has 0 radical (unpaired) electrons. The predicted octanol–water partition coefficient (Wildman–Crippen LogP) is 4.10. The molecule has 0 bridgehead atoms. The zero-order valence-electron chi connectivity index (χ0n) is 11.9. The van der Waals surface area contributed by atoms with Crippen molar-refractivity contribution in [1.82, 2.24) is 0 Å². The van der Waals surface area contributed by atoms with Gasteiger partial charge in [0, 0.05) is 4.90 Å². The predicted molar refractivity (Wildman–Crippen MR) is 84.3 cm³/mol. The number of hydrogen-bond acceptors (Lipinski definition) is 2. The molecule has 0 saturated carbocycles. The highest BCUT2D eigenvalue weighted by Crippen LogP contribution is 2.38. The van der Waals surface area contributed by atoms with Crippen LogP contribution < -0.4 is 5.32 Å². The third-order valence-electron chi connectivity index (χ3n) is 3.57. The highest BCUT2D eigenvalue weighted by molar-refractivity contribution is 8.01. The lowest BCUT2D eigenvalue weighted by Gasteiger charge is -2.11. The van der Waals surface area contributed by atoms with Crippen molar-refractivity contribution in [3.8, 4) is 0 Å². The van der Waals surface area contributed by atoms with Gasteiger partial charge in [-0.3, -0.25) is 4.79 Å². The number of aryl methyl sites for hydroxylation is 2. The fourth-order valence-corrected chi connectivity index (χ4v) is 3.71. The molecule has 108 valence electrons. The third-order valence-corrected chi connectivity index (χ3v) is 4.87. The van der Waals surface area contributed by atoms with E-state index in [1.54, 1.807) is 23.9 Å². The van der Waals surface area contributed by atoms with Crippen LogP contribution in [0.3, 0.4) is 0 Å². The Labute approximate surface area is 127 Å². The minimum atomic E-state index is -0.389. The number of benzene rings is 2. The van der Waals surface area contributed by atoms with Gasteiger partial charge >= 0.3 is 0 Å². The monoisotopic (exact) mass is 301 g/mol. The summed E-state index contributed by atoms with van der Waals surface area (Å²) < 4.78 is 13.8. The van der Waals surface area contributed by atoms with Crippen LogP contribution in [-0.2, 0) is 11.2 Å². The molecule has 1 unspecified atom stereocenters. The summed E-state index contributed by atoms with van der Waals surface area (Å²) in [6.45, 7) is 3.86. The first-order valence-corrected chi connectivity index (χ1v) is 7.74. The lowest BCUT2D eigenvalue weighted by molar-refractivity contribution is -0.115. The molecule has 0 aliphatic carbocycles. The maximum absolute atomic E-state index is 13.8. The van der Waals surface area contributed by atoms with Crippen molar-refractivity contribution in [1.29, 1.82) is 0 Å². The second kappa shape index (κ2) is 5.53. The Balaban J connectivity index is 1.73. The number of halogens is 1. The maximum atomic E-state index is 13.8. The molecule has 1 amide bonds. The van der Waals surface area contributed by atoms with Crippen LogP contribution >= 0.6 is 11.8 Å². The zero-order chi connectivity index (χ0) is 15.0. The van der Waals surface area contributed by atoms with E-state index in [9.17, 15) is 9.18 Å². The summed E-state index contributed by atoms with van der Waals surface area (Å²) in [5.41, 5.74) is 3.46. The highest BCUT2D eigenvalue weighted by Gasteiger charge is 2.28. The summed E-state index contributed by atoms with van der Waals surface area (Å²) in [6, 6.07) is 11.0. The molecule has 2 aromatic rings. The molecule has 1 heterocycles. The Kier molecular flexibility index (Phi) is 3.72. The van der Waals surface area contributed by atoms with Gasteiger partial charge in [-0.05, 0) is 49.6 Å². The first-order valence-electron chi connectivity index (χ1n) is 6.86. The number of nitrogens with one attached hydrogen (secondary N) is 1. The van der Waals surface area contributed by atoms with E-state index >= 15 is 0 Å². The van der Waals surface area contributed by atoms with Crippen LogP contribution in [0.1, 0.15) is 16.7 Å². The first kappa shape index (κ1) is 14.1. The normalized spacial score (nSPS) is 16.6. The number of fused-ring (bicyclic) bond motifs is 1. The SMILES string of the molecule is Cc1ccc(NC(=O)C2Cc3ccc(C)cc3S2)c(F)c1. The van der Waals surface area contributed by atoms with Gasteiger partial charge in [0.2, 0.25) is 5.91 Å². The van der Waals surface area contributed by atoms with E-state index in [1.807, 2.05) is 13.8 Å². The van der Waals surface area contributed by atoms with Gasteiger partial charge in [0.1, 0.15) is 5.82 Å². The molecule has 4 heteroatoms. The first-order chi connectivity index (χ1) is 10.0. The minimum Gasteiger partial charge on any atom is -0.323 e. The van der Waals surface area contributed by atoms with Crippen LogP contribution in [0.15, 0.2) is 41.3 Å². The molecule has 1 N–H and O–H groups in total. The van der Waals surface area contributed by atoms with E-state index in [4.69, 9.17) is 0 Å². The van der Waals surface area contributed by atoms with Crippen LogP contribution in [0.25, 0.3) is 0 Å². The molecule has 2 nitrogen and oxygen atoms in total. The van der Waals surface area contributed by atoms with Crippen LogP contribution in [0.4, 0.5) is 10.1 Å². The molecule has 3 rings (SSSR count). The maximum Gasteiger partial charge on any atom is 0.238 e. The molecule has 1 atom stereocenters. The summed E-state index contributed by atoms with van der Waals surface area (Å²) in [5, 5.41) is 2.50. The number of carbonyl (C=O) groups is 1. The Morgan fingerprint density at radius 3 is 2.67 bits per heavy atom. The lowest BCUT2D eigenvalue weighted by Crippen LogP contribution is -2.25. The topological polar surface area (TPSA) is 29.1 Å². The molecule has 0 saturated heterocycles. The van der Waals surface area contributed by atoms with Crippen LogP contribution in [0.5, 0.6) is 0 Å². The number of carbonyl (C=O) groups excluding carboxylic acids is 1. The van der Waals surface area contributed by atoms with Gasteiger partial charge in [0.15, 0.2) is 0 Å². The van der Waals surface area contributed by atoms with Gasteiger partial charge in [-0.1, -0.05) is 23.8 Å². The van der Waals surface area contributed by atoms with Crippen molar-refractivity contribution in [2.75, 3.05) is 5.32 Å². The van der Waals surface area contributed by atoms with Crippen molar-refractivity contribution in [2.45, 2.75) is 30.4 Å². The zero-order valence-corrected chi connectivity index (χ0v) is 12.8. The van der Waals surface area contributed by atoms with Gasteiger partial charge in [0.05, 0.1) is 10.9 Å². The number of anilines is 1. The Morgan fingerprint density at radius 1 is 1.19 bits per heavy atom. The standard InChI is InChI=1S/C17H16FNOS/c1-10-4-6-14(13(18)7-10)19-17(20)16-9-12-5-3-11(2)8-15(12)21-16/h3-8,16H,9H2,1-2H3,(H,19,20). The van der Waals surface area contributed by atoms with Gasteiger partial charge in [0.25, 0.3) is 0 Å². The smallest absolute Gasteiger partial charge is 0.238 e. The molecule has 0 fully saturated rings. The summed E-state index contributed by atoms with van der Waals surface area (Å²) in [6.07, 6.45) is 0.694. The molecule has 1 aliphatic rings. The van der Waals surface area contributed by atoms with Gasteiger partial charge < -0.3 is 5.32 Å². The van der Waals surface area contributed by atoms with Crippen molar-refractivity contribution >= 4 is 23.4 Å². The van der Waals surface area contributed by atoms with Gasteiger partial charge in [-0.15, -0.1) is 11.8 Å². The van der Waals surface area contributed by atoms with Crippen LogP contribution in [-0.4, -0.2) is 11.2 Å². The molecule has 2 aromatic carbocycles. The second-order valence-electron chi connectivity index (χ2n) is 5.39. The minimum absolute atomic E-state index is 0.142. The van der Waals surface area contributed by atoms with Crippen molar-refractivity contribution < 1.29 is 9.18 Å². The fourth-order valence-electron chi connectivity index (χ4n) is 2.42. The van der Waals surface area contributed by atoms with E-state index in [0.717, 1.165) is 10.5 Å². The van der Waals surface area contributed by atoms with E-state index < -0.39 is 0 Å². The quantitative estimate of drug-likeness (QED) is 0.905. The Bertz CT molecular complexity index is 714. The van der Waals surface area contributed by atoms with E-state index in [1.165, 1.54) is 17.2 Å². The van der Waals surface area contributed by atoms with Gasteiger partial charge in [-0.25, -0.2) is 4.39 Å². The van der Waals surface area contributed by atoms with Crippen LogP contribution in [0, 0.1) is 19.7 Å². The largest absolute Gasteiger partial charge is 0.323 e. The summed E-state index contributed by atoms with van der Waals surface area (Å²) in [7, 11) is 0. The molecule has 0 spiro atoms. The average molecular weight is 301 g/mol. The van der Waals surface area contributed by atoms with Crippen molar-refractivity contribution in [3.63, 3.8) is 0 Å². The number of amides is 1. The van der Waals surface area contributed by atoms with E-state index in [2.05, 4.69) is 23.5 Å². The van der Waals surface area contributed by atoms with Crippen molar-refractivity contribution in [2.24, 2.45) is 0 Å². The molecule has 21 heavy (non-hydrogen) atoms. The molecular weight excluding hydrogens is 285 g/mol. The van der Waals surface area contributed by atoms with Crippen LogP contribution in [0.2, 0.25) is 0 Å². The second-order valence-corrected chi connectivity index (χ2v) is 6.64. The summed E-state index contributed by atoms with van der Waals surface area (Å²) >= 11 is 1.55. The average Bonchev–Trinajstić information content (AvgIpc) is 2.85. The van der Waals surface area contributed by atoms with E-state index in [-0.39, 0.29) is 22.7 Å². The third kappa shape index (κ3) is 2.95. The number of rotatable bonds is 2. The Morgan fingerprint density at radius 2 is 1.90 bits per heavy atom. The number of hydrogen-bond donors (Lipinski definition) is 1. The fraction of sp³-hybridized carbons (Fsp3) is 0.235. The molecular formula is C17H16FNOS. The van der Waals surface area contributed by atoms with Crippen molar-refractivity contribution in [3.05, 3.63) is 58.9 Å². The molecule has 1 aliphatic heterocycles. The highest BCUT2D eigenvalue weighted by atomic mass is 32.2. The van der Waals surface area contributed by atoms with E-state index in [0.29, 0.717) is 6.42 Å². The molecule has 0 aromatic heterocycles. The number of thioether (sulfide) groups is 1. The Hall–Kier alpha value is -1.81. The lowest BCUT2D eigenvalue weighted by atomic mass is 10.1. The van der Waals surface area contributed by atoms with Gasteiger partial charge in [-0.2, -0.15) is 0 Å².